The maximum absolute atomic E-state index is 11.3. The smallest absolute Gasteiger partial charge is 0.294 e. The van der Waals surface area contributed by atoms with Crippen molar-refractivity contribution in [3.05, 3.63) is 29.3 Å². The summed E-state index contributed by atoms with van der Waals surface area (Å²) in [4.78, 5) is 0.0280. The van der Waals surface area contributed by atoms with Gasteiger partial charge in [0.15, 0.2) is 0 Å². The van der Waals surface area contributed by atoms with Gasteiger partial charge in [-0.25, -0.2) is 0 Å². The number of rotatable bonds is 4. The molecular formula is C13H18O4S. The van der Waals surface area contributed by atoms with Gasteiger partial charge in [0.2, 0.25) is 0 Å². The molecule has 1 unspecified atom stereocenters. The molecule has 0 bridgehead atoms. The molecule has 1 aliphatic heterocycles. The molecule has 1 aromatic carbocycles. The van der Waals surface area contributed by atoms with E-state index in [1.807, 2.05) is 13.0 Å². The second-order valence-corrected chi connectivity index (χ2v) is 6.46. The van der Waals surface area contributed by atoms with Gasteiger partial charge in [0.25, 0.3) is 10.1 Å². The molecule has 1 N–H and O–H groups in total. The van der Waals surface area contributed by atoms with Gasteiger partial charge in [-0.15, -0.1) is 0 Å². The van der Waals surface area contributed by atoms with Crippen LogP contribution in [-0.4, -0.2) is 26.2 Å². The summed E-state index contributed by atoms with van der Waals surface area (Å²) in [6.07, 6.45) is 0.644. The van der Waals surface area contributed by atoms with E-state index in [0.29, 0.717) is 23.8 Å². The molecule has 0 spiro atoms. The zero-order valence-electron chi connectivity index (χ0n) is 10.6. The molecule has 1 heterocycles. The fourth-order valence-corrected chi connectivity index (χ4v) is 2.93. The molecule has 2 rings (SSSR count). The summed E-state index contributed by atoms with van der Waals surface area (Å²) in [5.74, 6) is 0.834. The van der Waals surface area contributed by atoms with Crippen LogP contribution in [0.4, 0.5) is 0 Å². The summed E-state index contributed by atoms with van der Waals surface area (Å²) in [6, 6.07) is 5.01. The van der Waals surface area contributed by atoms with Crippen LogP contribution < -0.4 is 0 Å². The Hall–Kier alpha value is -0.910. The van der Waals surface area contributed by atoms with Crippen molar-refractivity contribution >= 4 is 10.1 Å². The summed E-state index contributed by atoms with van der Waals surface area (Å²) in [5, 5.41) is 0. The van der Waals surface area contributed by atoms with Crippen LogP contribution in [0.25, 0.3) is 0 Å². The van der Waals surface area contributed by atoms with Gasteiger partial charge >= 0.3 is 0 Å². The summed E-state index contributed by atoms with van der Waals surface area (Å²) in [7, 11) is -4.14. The summed E-state index contributed by atoms with van der Waals surface area (Å²) in [6.45, 7) is 5.49. The van der Waals surface area contributed by atoms with Crippen LogP contribution in [0.3, 0.4) is 0 Å². The minimum Gasteiger partial charge on any atom is -0.381 e. The molecule has 1 aliphatic rings. The molecule has 0 amide bonds. The van der Waals surface area contributed by atoms with Crippen LogP contribution in [0.1, 0.15) is 18.1 Å². The quantitative estimate of drug-likeness (QED) is 0.851. The van der Waals surface area contributed by atoms with Crippen LogP contribution >= 0.6 is 0 Å². The highest BCUT2D eigenvalue weighted by Crippen LogP contribution is 2.27. The fourth-order valence-electron chi connectivity index (χ4n) is 2.22. The van der Waals surface area contributed by atoms with E-state index in [4.69, 9.17) is 4.74 Å². The van der Waals surface area contributed by atoms with Gasteiger partial charge < -0.3 is 4.74 Å². The first-order valence-corrected chi connectivity index (χ1v) is 7.46. The molecule has 5 heteroatoms. The van der Waals surface area contributed by atoms with Crippen molar-refractivity contribution < 1.29 is 17.7 Å². The molecule has 0 radical (unpaired) electrons. The maximum Gasteiger partial charge on any atom is 0.294 e. The van der Waals surface area contributed by atoms with E-state index in [0.717, 1.165) is 18.8 Å². The number of hydrogen-bond acceptors (Lipinski definition) is 3. The van der Waals surface area contributed by atoms with Crippen molar-refractivity contribution in [2.45, 2.75) is 25.2 Å². The van der Waals surface area contributed by atoms with Gasteiger partial charge in [-0.05, 0) is 30.9 Å². The predicted molar refractivity (Wildman–Crippen MR) is 68.2 cm³/mol. The van der Waals surface area contributed by atoms with Crippen LogP contribution in [0.2, 0.25) is 0 Å². The Bertz CT molecular complexity index is 532. The van der Waals surface area contributed by atoms with Gasteiger partial charge in [-0.3, -0.25) is 4.55 Å². The van der Waals surface area contributed by atoms with E-state index in [1.54, 1.807) is 6.07 Å². The topological polar surface area (TPSA) is 63.6 Å². The highest BCUT2D eigenvalue weighted by Gasteiger charge is 2.26. The molecular weight excluding hydrogens is 252 g/mol. The third-order valence-corrected chi connectivity index (χ3v) is 4.46. The van der Waals surface area contributed by atoms with Crippen molar-refractivity contribution in [1.29, 1.82) is 0 Å². The predicted octanol–water partition coefficient (Wildman–Crippen LogP) is 2.07. The summed E-state index contributed by atoms with van der Waals surface area (Å²) < 4.78 is 37.0. The minimum atomic E-state index is -4.14. The van der Waals surface area contributed by atoms with Gasteiger partial charge in [-0.2, -0.15) is 8.42 Å². The van der Waals surface area contributed by atoms with E-state index in [1.165, 1.54) is 6.07 Å². The number of ether oxygens (including phenoxy) is 1. The lowest BCUT2D eigenvalue weighted by molar-refractivity contribution is -0.0569. The maximum atomic E-state index is 11.3. The zero-order chi connectivity index (χ0) is 13.3. The van der Waals surface area contributed by atoms with E-state index < -0.39 is 10.1 Å². The Morgan fingerprint density at radius 2 is 2.11 bits per heavy atom. The summed E-state index contributed by atoms with van der Waals surface area (Å²) in [5.41, 5.74) is 1.69. The highest BCUT2D eigenvalue weighted by atomic mass is 32.2. The lowest BCUT2D eigenvalue weighted by Gasteiger charge is -2.31. The Kier molecular flexibility index (Phi) is 3.75. The van der Waals surface area contributed by atoms with Gasteiger partial charge in [0.05, 0.1) is 18.1 Å². The van der Waals surface area contributed by atoms with E-state index in [-0.39, 0.29) is 4.90 Å². The number of hydrogen-bond donors (Lipinski definition) is 1. The molecule has 1 atom stereocenters. The monoisotopic (exact) mass is 270 g/mol. The van der Waals surface area contributed by atoms with E-state index in [2.05, 4.69) is 6.92 Å². The first-order chi connectivity index (χ1) is 8.38. The van der Waals surface area contributed by atoms with Crippen molar-refractivity contribution in [2.75, 3.05) is 13.2 Å². The lowest BCUT2D eigenvalue weighted by atomic mass is 9.87. The fraction of sp³-hybridized carbons (Fsp3) is 0.538. The Morgan fingerprint density at radius 3 is 2.61 bits per heavy atom. The molecule has 100 valence electrons. The zero-order valence-corrected chi connectivity index (χ0v) is 11.4. The molecule has 0 saturated carbocycles. The second kappa shape index (κ2) is 4.99. The third kappa shape index (κ3) is 2.91. The SMILES string of the molecule is Cc1ccc(S(=O)(=O)O)c(CC(C)C2COC2)c1. The number of benzene rings is 1. The Balaban J connectivity index is 2.27. The Labute approximate surface area is 108 Å². The standard InChI is InChI=1S/C13H18O4S/c1-9-3-4-13(18(14,15)16)11(5-9)6-10(2)12-7-17-8-12/h3-5,10,12H,6-8H2,1-2H3,(H,14,15,16). The first-order valence-electron chi connectivity index (χ1n) is 6.02. The molecule has 0 aromatic heterocycles. The van der Waals surface area contributed by atoms with Crippen LogP contribution in [-0.2, 0) is 21.3 Å². The van der Waals surface area contributed by atoms with Gasteiger partial charge in [0.1, 0.15) is 0 Å². The van der Waals surface area contributed by atoms with Crippen molar-refractivity contribution in [3.8, 4) is 0 Å². The average molecular weight is 270 g/mol. The van der Waals surface area contributed by atoms with Crippen LogP contribution in [0.15, 0.2) is 23.1 Å². The van der Waals surface area contributed by atoms with Crippen LogP contribution in [0.5, 0.6) is 0 Å². The van der Waals surface area contributed by atoms with Crippen molar-refractivity contribution in [3.63, 3.8) is 0 Å². The second-order valence-electron chi connectivity index (χ2n) is 5.07. The number of aryl methyl sites for hydroxylation is 1. The van der Waals surface area contributed by atoms with Gasteiger partial charge in [0, 0.05) is 5.92 Å². The van der Waals surface area contributed by atoms with E-state index >= 15 is 0 Å². The Morgan fingerprint density at radius 1 is 1.44 bits per heavy atom. The average Bonchev–Trinajstić information content (AvgIpc) is 2.11. The normalized spacial score (nSPS) is 18.4. The first kappa shape index (κ1) is 13.5. The van der Waals surface area contributed by atoms with Gasteiger partial charge in [-0.1, -0.05) is 24.6 Å². The molecule has 1 aromatic rings. The van der Waals surface area contributed by atoms with E-state index in [9.17, 15) is 13.0 Å². The van der Waals surface area contributed by atoms with Crippen molar-refractivity contribution in [2.24, 2.45) is 11.8 Å². The molecule has 18 heavy (non-hydrogen) atoms. The molecule has 0 aliphatic carbocycles. The molecule has 1 saturated heterocycles. The third-order valence-electron chi connectivity index (χ3n) is 3.50. The summed E-state index contributed by atoms with van der Waals surface area (Å²) >= 11 is 0. The molecule has 1 fully saturated rings. The minimum absolute atomic E-state index is 0.0280. The largest absolute Gasteiger partial charge is 0.381 e. The highest BCUT2D eigenvalue weighted by molar-refractivity contribution is 7.85. The van der Waals surface area contributed by atoms with Crippen LogP contribution in [0, 0.1) is 18.8 Å². The van der Waals surface area contributed by atoms with Crippen molar-refractivity contribution in [1.82, 2.24) is 0 Å². The lowest BCUT2D eigenvalue weighted by Crippen LogP contribution is -2.34. The molecule has 4 nitrogen and oxygen atoms in total.